The number of nitrogen functional groups attached to an aromatic ring is 1. The minimum absolute atomic E-state index is 0.322. The number of nitrogens with two attached hydrogens (primary N) is 1. The molecule has 16 heavy (non-hydrogen) atoms. The van der Waals surface area contributed by atoms with Gasteiger partial charge in [0.2, 0.25) is 5.95 Å². The Labute approximate surface area is 96.6 Å². The highest BCUT2D eigenvalue weighted by atomic mass is 32.1. The molecule has 0 saturated carbocycles. The van der Waals surface area contributed by atoms with Crippen molar-refractivity contribution in [2.24, 2.45) is 0 Å². The number of rotatable bonds is 1. The van der Waals surface area contributed by atoms with Gasteiger partial charge in [-0.05, 0) is 5.56 Å². The molecule has 0 aliphatic heterocycles. The van der Waals surface area contributed by atoms with E-state index in [2.05, 4.69) is 27.5 Å². The summed E-state index contributed by atoms with van der Waals surface area (Å²) < 4.78 is 1.06. The van der Waals surface area contributed by atoms with Crippen LogP contribution in [-0.2, 0) is 0 Å². The minimum atomic E-state index is 0.322. The minimum Gasteiger partial charge on any atom is -0.368 e. The van der Waals surface area contributed by atoms with Gasteiger partial charge in [-0.2, -0.15) is 0 Å². The zero-order valence-corrected chi connectivity index (χ0v) is 9.24. The predicted octanol–water partition coefficient (Wildman–Crippen LogP) is 2.94. The maximum Gasteiger partial charge on any atom is 0.220 e. The van der Waals surface area contributed by atoms with Gasteiger partial charge in [-0.25, -0.2) is 9.97 Å². The van der Waals surface area contributed by atoms with Crippen LogP contribution < -0.4 is 5.73 Å². The maximum atomic E-state index is 5.61. The van der Waals surface area contributed by atoms with E-state index >= 15 is 0 Å². The van der Waals surface area contributed by atoms with Gasteiger partial charge in [-0.3, -0.25) is 0 Å². The molecule has 0 amide bonds. The first-order valence-electron chi connectivity index (χ1n) is 4.90. The van der Waals surface area contributed by atoms with Crippen LogP contribution in [0.15, 0.2) is 41.9 Å². The lowest BCUT2D eigenvalue weighted by Crippen LogP contribution is -1.92. The molecule has 0 unspecified atom stereocenters. The average molecular weight is 227 g/mol. The van der Waals surface area contributed by atoms with E-state index < -0.39 is 0 Å². The second kappa shape index (κ2) is 3.57. The van der Waals surface area contributed by atoms with Gasteiger partial charge in [-0.15, -0.1) is 11.3 Å². The van der Waals surface area contributed by atoms with Crippen LogP contribution in [0.25, 0.3) is 21.3 Å². The van der Waals surface area contributed by atoms with Gasteiger partial charge >= 0.3 is 0 Å². The van der Waals surface area contributed by atoms with Crippen molar-refractivity contribution in [3.63, 3.8) is 0 Å². The molecule has 3 rings (SSSR count). The molecule has 0 aliphatic rings. The Hall–Kier alpha value is -1.94. The summed E-state index contributed by atoms with van der Waals surface area (Å²) in [6, 6.07) is 10.2. The van der Waals surface area contributed by atoms with Gasteiger partial charge in [0, 0.05) is 10.9 Å². The Balaban J connectivity index is 2.29. The predicted molar refractivity (Wildman–Crippen MR) is 67.3 cm³/mol. The van der Waals surface area contributed by atoms with Gasteiger partial charge in [0.15, 0.2) is 0 Å². The molecule has 2 aromatic heterocycles. The summed E-state index contributed by atoms with van der Waals surface area (Å²) in [4.78, 5) is 8.28. The molecular weight excluding hydrogens is 218 g/mol. The van der Waals surface area contributed by atoms with Crippen molar-refractivity contribution in [3.8, 4) is 11.1 Å². The summed E-state index contributed by atoms with van der Waals surface area (Å²) in [7, 11) is 0. The molecule has 3 nitrogen and oxygen atoms in total. The normalized spacial score (nSPS) is 10.8. The van der Waals surface area contributed by atoms with Gasteiger partial charge in [0.1, 0.15) is 0 Å². The summed E-state index contributed by atoms with van der Waals surface area (Å²) in [6.45, 7) is 0. The maximum absolute atomic E-state index is 5.61. The fourth-order valence-electron chi connectivity index (χ4n) is 1.66. The van der Waals surface area contributed by atoms with Crippen LogP contribution >= 0.6 is 11.3 Å². The molecule has 0 saturated heterocycles. The van der Waals surface area contributed by atoms with Crippen LogP contribution in [0.2, 0.25) is 0 Å². The second-order valence-electron chi connectivity index (χ2n) is 3.46. The number of benzene rings is 1. The van der Waals surface area contributed by atoms with E-state index in [1.165, 1.54) is 0 Å². The Kier molecular flexibility index (Phi) is 2.08. The molecular formula is C12H9N3S. The first-order valence-corrected chi connectivity index (χ1v) is 5.78. The Morgan fingerprint density at radius 2 is 1.94 bits per heavy atom. The largest absolute Gasteiger partial charge is 0.368 e. The quantitative estimate of drug-likeness (QED) is 0.695. The zero-order valence-electron chi connectivity index (χ0n) is 8.42. The van der Waals surface area contributed by atoms with E-state index in [1.807, 2.05) is 18.2 Å². The number of thiophene rings is 1. The summed E-state index contributed by atoms with van der Waals surface area (Å²) in [5, 5.41) is 2.09. The SMILES string of the molecule is Nc1ncc2scc(-c3ccccc3)c2n1. The van der Waals surface area contributed by atoms with Crippen molar-refractivity contribution in [2.75, 3.05) is 5.73 Å². The molecule has 0 bridgehead atoms. The summed E-state index contributed by atoms with van der Waals surface area (Å²) in [5.74, 6) is 0.322. The molecule has 0 fully saturated rings. The Morgan fingerprint density at radius 3 is 2.75 bits per heavy atom. The first-order chi connectivity index (χ1) is 7.84. The van der Waals surface area contributed by atoms with E-state index in [4.69, 9.17) is 5.73 Å². The molecule has 0 aliphatic carbocycles. The lowest BCUT2D eigenvalue weighted by molar-refractivity contribution is 1.25. The van der Waals surface area contributed by atoms with E-state index in [0.29, 0.717) is 5.95 Å². The van der Waals surface area contributed by atoms with Crippen LogP contribution in [0.3, 0.4) is 0 Å². The molecule has 0 spiro atoms. The third-order valence-corrected chi connectivity index (χ3v) is 3.32. The number of nitrogens with zero attached hydrogens (tertiary/aromatic N) is 2. The lowest BCUT2D eigenvalue weighted by atomic mass is 10.1. The van der Waals surface area contributed by atoms with Gasteiger partial charge < -0.3 is 5.73 Å². The fourth-order valence-corrected chi connectivity index (χ4v) is 2.54. The van der Waals surface area contributed by atoms with Crippen LogP contribution in [0, 0.1) is 0 Å². The number of hydrogen-bond donors (Lipinski definition) is 1. The highest BCUT2D eigenvalue weighted by Crippen LogP contribution is 2.32. The van der Waals surface area contributed by atoms with Crippen LogP contribution in [-0.4, -0.2) is 9.97 Å². The smallest absolute Gasteiger partial charge is 0.220 e. The van der Waals surface area contributed by atoms with Crippen LogP contribution in [0.1, 0.15) is 0 Å². The van der Waals surface area contributed by atoms with Crippen LogP contribution in [0.5, 0.6) is 0 Å². The topological polar surface area (TPSA) is 51.8 Å². The molecule has 2 heterocycles. The average Bonchev–Trinajstić information content (AvgIpc) is 2.73. The summed E-state index contributed by atoms with van der Waals surface area (Å²) >= 11 is 1.64. The zero-order chi connectivity index (χ0) is 11.0. The third kappa shape index (κ3) is 1.44. The van der Waals surface area contributed by atoms with Gasteiger partial charge in [-0.1, -0.05) is 30.3 Å². The van der Waals surface area contributed by atoms with E-state index in [1.54, 1.807) is 17.5 Å². The first kappa shape index (κ1) is 9.30. The highest BCUT2D eigenvalue weighted by Gasteiger charge is 2.07. The monoisotopic (exact) mass is 227 g/mol. The van der Waals surface area contributed by atoms with E-state index in [-0.39, 0.29) is 0 Å². The summed E-state index contributed by atoms with van der Waals surface area (Å²) in [5.41, 5.74) is 8.83. The van der Waals surface area contributed by atoms with Gasteiger partial charge in [0.25, 0.3) is 0 Å². The van der Waals surface area contributed by atoms with Crippen LogP contribution in [0.4, 0.5) is 5.95 Å². The molecule has 0 atom stereocenters. The summed E-state index contributed by atoms with van der Waals surface area (Å²) in [6.07, 6.45) is 1.77. The van der Waals surface area contributed by atoms with Crippen molar-refractivity contribution in [3.05, 3.63) is 41.9 Å². The highest BCUT2D eigenvalue weighted by molar-refractivity contribution is 7.17. The standard InChI is InChI=1S/C12H9N3S/c13-12-14-6-10-11(15-12)9(7-16-10)8-4-2-1-3-5-8/h1-7H,(H2,13,14,15). The molecule has 3 aromatic rings. The Bertz CT molecular complexity index is 631. The van der Waals surface area contributed by atoms with Crippen molar-refractivity contribution in [1.29, 1.82) is 0 Å². The van der Waals surface area contributed by atoms with E-state index in [9.17, 15) is 0 Å². The molecule has 2 N–H and O–H groups in total. The van der Waals surface area contributed by atoms with Gasteiger partial charge in [0.05, 0.1) is 16.4 Å². The lowest BCUT2D eigenvalue weighted by Gasteiger charge is -1.98. The molecule has 4 heteroatoms. The van der Waals surface area contributed by atoms with E-state index in [0.717, 1.165) is 21.3 Å². The third-order valence-electron chi connectivity index (χ3n) is 2.42. The number of anilines is 1. The molecule has 78 valence electrons. The van der Waals surface area contributed by atoms with Crippen molar-refractivity contribution >= 4 is 27.5 Å². The van der Waals surface area contributed by atoms with Crippen molar-refractivity contribution in [1.82, 2.24) is 9.97 Å². The second-order valence-corrected chi connectivity index (χ2v) is 4.37. The van der Waals surface area contributed by atoms with Crippen molar-refractivity contribution in [2.45, 2.75) is 0 Å². The Morgan fingerprint density at radius 1 is 1.12 bits per heavy atom. The molecule has 0 radical (unpaired) electrons. The fraction of sp³-hybridized carbons (Fsp3) is 0. The number of aromatic nitrogens is 2. The molecule has 1 aromatic carbocycles. The number of fused-ring (bicyclic) bond motifs is 1. The van der Waals surface area contributed by atoms with Crippen molar-refractivity contribution < 1.29 is 0 Å². The number of hydrogen-bond acceptors (Lipinski definition) is 4.